The van der Waals surface area contributed by atoms with Gasteiger partial charge in [-0.2, -0.15) is 0 Å². The molecule has 0 aromatic heterocycles. The van der Waals surface area contributed by atoms with E-state index in [9.17, 15) is 4.39 Å². The van der Waals surface area contributed by atoms with Crippen molar-refractivity contribution >= 4 is 22.8 Å². The molecule has 2 rings (SSSR count). The molecule has 28 heavy (non-hydrogen) atoms. The number of alkyl halides is 1. The van der Waals surface area contributed by atoms with Crippen LogP contribution in [0.5, 0.6) is 0 Å². The van der Waals surface area contributed by atoms with Crippen LogP contribution in [-0.2, 0) is 0 Å². The van der Waals surface area contributed by atoms with Crippen molar-refractivity contribution in [2.24, 2.45) is 9.98 Å². The number of hydrogen-bond donors (Lipinski definition) is 1. The molecule has 1 unspecified atom stereocenters. The van der Waals surface area contributed by atoms with E-state index in [1.165, 1.54) is 0 Å². The lowest BCUT2D eigenvalue weighted by Gasteiger charge is -2.15. The highest BCUT2D eigenvalue weighted by atomic mass is 19.1. The molecule has 0 fully saturated rings. The van der Waals surface area contributed by atoms with E-state index in [4.69, 9.17) is 0 Å². The molecule has 0 saturated carbocycles. The van der Waals surface area contributed by atoms with Gasteiger partial charge in [-0.15, -0.1) is 13.2 Å². The quantitative estimate of drug-likeness (QED) is 0.326. The molecule has 1 aliphatic rings. The van der Waals surface area contributed by atoms with Gasteiger partial charge in [-0.3, -0.25) is 4.99 Å². The third kappa shape index (κ3) is 8.12. The molecule has 1 atom stereocenters. The highest BCUT2D eigenvalue weighted by Crippen LogP contribution is 2.28. The van der Waals surface area contributed by atoms with Crippen molar-refractivity contribution in [1.82, 2.24) is 0 Å². The summed E-state index contributed by atoms with van der Waals surface area (Å²) in [7, 11) is 0. The molecule has 0 spiro atoms. The Morgan fingerprint density at radius 1 is 1.25 bits per heavy atom. The number of anilines is 1. The van der Waals surface area contributed by atoms with Crippen LogP contribution in [0.1, 0.15) is 39.2 Å². The van der Waals surface area contributed by atoms with Crippen LogP contribution in [-0.4, -0.2) is 17.7 Å². The van der Waals surface area contributed by atoms with E-state index >= 15 is 0 Å². The average Bonchev–Trinajstić information content (AvgIpc) is 2.71. The number of rotatable bonds is 6. The van der Waals surface area contributed by atoms with Crippen LogP contribution in [0.15, 0.2) is 90.2 Å². The zero-order chi connectivity index (χ0) is 20.8. The summed E-state index contributed by atoms with van der Waals surface area (Å²) in [5.74, 6) is 0.774. The van der Waals surface area contributed by atoms with Crippen LogP contribution in [0, 0.1) is 0 Å². The Morgan fingerprint density at radius 3 is 2.75 bits per heavy atom. The highest BCUT2D eigenvalue weighted by Gasteiger charge is 2.15. The van der Waals surface area contributed by atoms with Crippen molar-refractivity contribution in [3.63, 3.8) is 0 Å². The zero-order valence-electron chi connectivity index (χ0n) is 17.0. The first-order chi connectivity index (χ1) is 13.6. The molecule has 1 N–H and O–H groups in total. The van der Waals surface area contributed by atoms with Crippen molar-refractivity contribution in [3.8, 4) is 0 Å². The summed E-state index contributed by atoms with van der Waals surface area (Å²) in [6, 6.07) is 7.76. The van der Waals surface area contributed by atoms with Crippen LogP contribution >= 0.6 is 0 Å². The molecule has 0 amide bonds. The average molecular weight is 380 g/mol. The maximum absolute atomic E-state index is 14.1. The van der Waals surface area contributed by atoms with E-state index in [1.54, 1.807) is 12.4 Å². The highest BCUT2D eigenvalue weighted by molar-refractivity contribution is 5.94. The number of aliphatic imine (C=N–C) groups is 2. The number of nitrogens with one attached hydrogen (secondary N) is 1. The number of halogens is 1. The van der Waals surface area contributed by atoms with Gasteiger partial charge < -0.3 is 5.32 Å². The van der Waals surface area contributed by atoms with E-state index in [2.05, 4.69) is 28.5 Å². The number of benzene rings is 1. The molecular formula is C24H30FN3. The molecular weight excluding hydrogens is 349 g/mol. The van der Waals surface area contributed by atoms with Gasteiger partial charge in [0.25, 0.3) is 0 Å². The van der Waals surface area contributed by atoms with Gasteiger partial charge >= 0.3 is 0 Å². The predicted octanol–water partition coefficient (Wildman–Crippen LogP) is 6.90. The summed E-state index contributed by atoms with van der Waals surface area (Å²) in [6.07, 6.45) is 13.3. The molecule has 148 valence electrons. The van der Waals surface area contributed by atoms with Gasteiger partial charge in [0.05, 0.1) is 0 Å². The zero-order valence-corrected chi connectivity index (χ0v) is 17.0. The molecule has 3 nitrogen and oxygen atoms in total. The third-order valence-corrected chi connectivity index (χ3v) is 3.84. The van der Waals surface area contributed by atoms with Crippen molar-refractivity contribution in [1.29, 1.82) is 0 Å². The maximum atomic E-state index is 14.1. The van der Waals surface area contributed by atoms with Gasteiger partial charge in [0.2, 0.25) is 0 Å². The number of allylic oxidation sites excluding steroid dienone is 6. The van der Waals surface area contributed by atoms with Gasteiger partial charge in [0, 0.05) is 36.6 Å². The lowest BCUT2D eigenvalue weighted by Crippen LogP contribution is -2.08. The Labute approximate surface area is 168 Å². The maximum Gasteiger partial charge on any atom is 0.129 e. The Kier molecular flexibility index (Phi) is 10.9. The Hall–Kier alpha value is -3.01. The topological polar surface area (TPSA) is 36.8 Å². The van der Waals surface area contributed by atoms with Gasteiger partial charge in [-0.05, 0) is 44.0 Å². The number of nitrogens with zero attached hydrogens (tertiary/aromatic N) is 2. The van der Waals surface area contributed by atoms with Gasteiger partial charge in [0.15, 0.2) is 0 Å². The molecule has 1 aromatic rings. The second-order valence-electron chi connectivity index (χ2n) is 6.11. The fraction of sp³-hybridized carbons (Fsp3) is 0.250. The SMILES string of the molecule is C/C=C\N=C(C)C/C=C\N=C(C)Nc1cccc(C2=CC=CCC2F)c1.C=C. The van der Waals surface area contributed by atoms with E-state index in [-0.39, 0.29) is 0 Å². The second kappa shape index (κ2) is 13.2. The second-order valence-corrected chi connectivity index (χ2v) is 6.11. The molecule has 0 saturated heterocycles. The van der Waals surface area contributed by atoms with Gasteiger partial charge in [-0.25, -0.2) is 9.38 Å². The van der Waals surface area contributed by atoms with E-state index in [0.717, 1.165) is 34.8 Å². The van der Waals surface area contributed by atoms with Crippen molar-refractivity contribution in [3.05, 3.63) is 85.8 Å². The number of amidine groups is 1. The van der Waals surface area contributed by atoms with Gasteiger partial charge in [0.1, 0.15) is 12.0 Å². The normalized spacial score (nSPS) is 17.4. The summed E-state index contributed by atoms with van der Waals surface area (Å²) >= 11 is 0. The summed E-state index contributed by atoms with van der Waals surface area (Å²) in [4.78, 5) is 8.65. The van der Waals surface area contributed by atoms with E-state index in [0.29, 0.717) is 6.42 Å². The third-order valence-electron chi connectivity index (χ3n) is 3.84. The van der Waals surface area contributed by atoms with Gasteiger partial charge in [-0.1, -0.05) is 42.5 Å². The van der Waals surface area contributed by atoms with Crippen LogP contribution in [0.2, 0.25) is 0 Å². The first-order valence-electron chi connectivity index (χ1n) is 9.32. The Balaban J connectivity index is 0.00000190. The van der Waals surface area contributed by atoms with E-state index < -0.39 is 6.17 Å². The Bertz CT molecular complexity index is 798. The van der Waals surface area contributed by atoms with Crippen LogP contribution in [0.4, 0.5) is 10.1 Å². The fourth-order valence-corrected chi connectivity index (χ4v) is 2.54. The summed E-state index contributed by atoms with van der Waals surface area (Å²) in [5, 5.41) is 3.25. The van der Waals surface area contributed by atoms with Crippen LogP contribution in [0.25, 0.3) is 5.57 Å². The van der Waals surface area contributed by atoms with Crippen LogP contribution < -0.4 is 5.32 Å². The summed E-state index contributed by atoms with van der Waals surface area (Å²) < 4.78 is 14.1. The lowest BCUT2D eigenvalue weighted by atomic mass is 9.95. The first kappa shape index (κ1) is 23.0. The molecule has 0 radical (unpaired) electrons. The molecule has 4 heteroatoms. The molecule has 0 aliphatic heterocycles. The minimum absolute atomic E-state index is 0.436. The molecule has 0 bridgehead atoms. The lowest BCUT2D eigenvalue weighted by molar-refractivity contribution is 0.414. The van der Waals surface area contributed by atoms with E-state index in [1.807, 2.05) is 75.4 Å². The summed E-state index contributed by atoms with van der Waals surface area (Å²) in [6.45, 7) is 11.8. The fourth-order valence-electron chi connectivity index (χ4n) is 2.54. The largest absolute Gasteiger partial charge is 0.344 e. The summed E-state index contributed by atoms with van der Waals surface area (Å²) in [5.41, 5.74) is 3.54. The first-order valence-corrected chi connectivity index (χ1v) is 9.32. The van der Waals surface area contributed by atoms with Crippen molar-refractivity contribution in [2.75, 3.05) is 5.32 Å². The number of hydrogen-bond acceptors (Lipinski definition) is 2. The monoisotopic (exact) mass is 379 g/mol. The standard InChI is InChI=1S/C22H26FN3.C2H4/c1-4-14-24-17(2)9-8-15-25-18(3)26-20-11-7-10-19(16-20)21-12-5-6-13-22(21)23;1-2/h4-8,10-12,14-16,22H,9,13H2,1-3H3,(H,25,26);1-2H2/b14-4-,15-8-,24-17?;. The molecule has 0 heterocycles. The van der Waals surface area contributed by atoms with Crippen molar-refractivity contribution < 1.29 is 4.39 Å². The van der Waals surface area contributed by atoms with Crippen molar-refractivity contribution in [2.45, 2.75) is 39.8 Å². The minimum Gasteiger partial charge on any atom is -0.344 e. The smallest absolute Gasteiger partial charge is 0.129 e. The minimum atomic E-state index is -0.944. The molecule has 1 aromatic carbocycles. The Morgan fingerprint density at radius 2 is 2.04 bits per heavy atom. The van der Waals surface area contributed by atoms with Crippen LogP contribution in [0.3, 0.4) is 0 Å². The predicted molar refractivity (Wildman–Crippen MR) is 123 cm³/mol. The molecule has 1 aliphatic carbocycles.